The van der Waals surface area contributed by atoms with Crippen LogP contribution < -0.4 is 5.32 Å². The first kappa shape index (κ1) is 12.2. The Bertz CT molecular complexity index is 532. The summed E-state index contributed by atoms with van der Waals surface area (Å²) in [4.78, 5) is 12.2. The first-order chi connectivity index (χ1) is 8.06. The van der Waals surface area contributed by atoms with Crippen molar-refractivity contribution in [1.29, 1.82) is 0 Å². The van der Waals surface area contributed by atoms with Crippen molar-refractivity contribution in [3.05, 3.63) is 44.6 Å². The molecule has 1 aromatic carbocycles. The maximum atomic E-state index is 11.8. The van der Waals surface area contributed by atoms with Gasteiger partial charge in [-0.2, -0.15) is 0 Å². The summed E-state index contributed by atoms with van der Waals surface area (Å²) in [6.45, 7) is 0. The fourth-order valence-corrected chi connectivity index (χ4v) is 2.46. The van der Waals surface area contributed by atoms with Crippen LogP contribution in [-0.2, 0) is 0 Å². The molecule has 17 heavy (non-hydrogen) atoms. The largest absolute Gasteiger partial charge is 0.508 e. The fourth-order valence-electron chi connectivity index (χ4n) is 1.20. The molecule has 0 saturated heterocycles. The number of carbonyl (C=O) groups excluding carboxylic acids is 1. The number of aromatic hydroxyl groups is 1. The molecule has 0 fully saturated rings. The van der Waals surface area contributed by atoms with Gasteiger partial charge in [-0.1, -0.05) is 23.2 Å². The molecule has 3 nitrogen and oxygen atoms in total. The van der Waals surface area contributed by atoms with E-state index in [0.29, 0.717) is 19.9 Å². The Morgan fingerprint density at radius 2 is 1.88 bits per heavy atom. The van der Waals surface area contributed by atoms with Gasteiger partial charge >= 0.3 is 0 Å². The number of nitrogens with one attached hydrogen (secondary N) is 1. The third kappa shape index (κ3) is 2.91. The Kier molecular flexibility index (Phi) is 3.57. The Morgan fingerprint density at radius 1 is 1.24 bits per heavy atom. The van der Waals surface area contributed by atoms with Gasteiger partial charge in [0.15, 0.2) is 0 Å². The quantitative estimate of drug-likeness (QED) is 0.820. The number of halogens is 2. The minimum absolute atomic E-state index is 0.144. The number of anilines is 1. The molecule has 0 radical (unpaired) electrons. The average molecular weight is 288 g/mol. The molecule has 0 aliphatic carbocycles. The molecule has 2 rings (SSSR count). The van der Waals surface area contributed by atoms with Crippen molar-refractivity contribution in [2.75, 3.05) is 5.32 Å². The molecular weight excluding hydrogens is 281 g/mol. The van der Waals surface area contributed by atoms with Gasteiger partial charge in [-0.3, -0.25) is 4.79 Å². The maximum Gasteiger partial charge on any atom is 0.265 e. The Labute approximate surface area is 112 Å². The minimum Gasteiger partial charge on any atom is -0.508 e. The van der Waals surface area contributed by atoms with Gasteiger partial charge in [0, 0.05) is 5.69 Å². The van der Waals surface area contributed by atoms with Crippen molar-refractivity contribution >= 4 is 46.1 Å². The van der Waals surface area contributed by atoms with Crippen LogP contribution in [0.1, 0.15) is 9.67 Å². The zero-order valence-corrected chi connectivity index (χ0v) is 10.7. The summed E-state index contributed by atoms with van der Waals surface area (Å²) in [6, 6.07) is 7.70. The lowest BCUT2D eigenvalue weighted by atomic mass is 10.3. The molecule has 1 aromatic heterocycles. The van der Waals surface area contributed by atoms with Crippen molar-refractivity contribution in [3.63, 3.8) is 0 Å². The highest BCUT2D eigenvalue weighted by atomic mass is 35.5. The molecule has 2 N–H and O–H groups in total. The van der Waals surface area contributed by atoms with Gasteiger partial charge in [0.05, 0.1) is 9.90 Å². The molecule has 1 heterocycles. The van der Waals surface area contributed by atoms with E-state index in [-0.39, 0.29) is 11.7 Å². The van der Waals surface area contributed by atoms with Crippen molar-refractivity contribution in [2.24, 2.45) is 0 Å². The van der Waals surface area contributed by atoms with Gasteiger partial charge < -0.3 is 10.4 Å². The van der Waals surface area contributed by atoms with Crippen LogP contribution >= 0.6 is 34.5 Å². The predicted molar refractivity (Wildman–Crippen MR) is 70.4 cm³/mol. The van der Waals surface area contributed by atoms with Gasteiger partial charge in [0.25, 0.3) is 5.91 Å². The second-order valence-corrected chi connectivity index (χ2v) is 5.29. The summed E-state index contributed by atoms with van der Waals surface area (Å²) in [5.41, 5.74) is 0.591. The Balaban J connectivity index is 2.14. The smallest absolute Gasteiger partial charge is 0.265 e. The van der Waals surface area contributed by atoms with Crippen LogP contribution in [0.25, 0.3) is 0 Å². The molecule has 0 atom stereocenters. The van der Waals surface area contributed by atoms with E-state index in [1.807, 2.05) is 0 Å². The summed E-state index contributed by atoms with van der Waals surface area (Å²) in [6.07, 6.45) is 0. The van der Waals surface area contributed by atoms with Gasteiger partial charge in [-0.15, -0.1) is 11.3 Å². The zero-order chi connectivity index (χ0) is 12.4. The fraction of sp³-hybridized carbons (Fsp3) is 0. The van der Waals surface area contributed by atoms with Crippen LogP contribution in [0.4, 0.5) is 5.69 Å². The van der Waals surface area contributed by atoms with E-state index in [4.69, 9.17) is 28.3 Å². The SMILES string of the molecule is O=C(Nc1ccc(O)cc1)c1cc(Cl)c(Cl)s1. The van der Waals surface area contributed by atoms with Gasteiger partial charge in [0.1, 0.15) is 10.1 Å². The number of hydrogen-bond acceptors (Lipinski definition) is 3. The second kappa shape index (κ2) is 4.96. The van der Waals surface area contributed by atoms with Crippen LogP contribution in [0.2, 0.25) is 9.36 Å². The summed E-state index contributed by atoms with van der Waals surface area (Å²) >= 11 is 12.7. The Morgan fingerprint density at radius 3 is 2.41 bits per heavy atom. The van der Waals surface area contributed by atoms with Gasteiger partial charge in [-0.25, -0.2) is 0 Å². The van der Waals surface area contributed by atoms with E-state index in [9.17, 15) is 4.79 Å². The molecule has 0 spiro atoms. The standard InChI is InChI=1S/C11H7Cl2NO2S/c12-8-5-9(17-10(8)13)11(16)14-6-1-3-7(15)4-2-6/h1-5,15H,(H,14,16). The number of carbonyl (C=O) groups is 1. The van der Waals surface area contributed by atoms with Gasteiger partial charge in [-0.05, 0) is 30.3 Å². The molecule has 0 aliphatic heterocycles. The lowest BCUT2D eigenvalue weighted by Crippen LogP contribution is -2.09. The highest BCUT2D eigenvalue weighted by Gasteiger charge is 2.12. The normalized spacial score (nSPS) is 10.2. The van der Waals surface area contributed by atoms with E-state index >= 15 is 0 Å². The maximum absolute atomic E-state index is 11.8. The number of rotatable bonds is 2. The zero-order valence-electron chi connectivity index (χ0n) is 8.41. The topological polar surface area (TPSA) is 49.3 Å². The van der Waals surface area contributed by atoms with E-state index in [1.54, 1.807) is 12.1 Å². The van der Waals surface area contributed by atoms with E-state index in [2.05, 4.69) is 5.32 Å². The van der Waals surface area contributed by atoms with Crippen LogP contribution in [-0.4, -0.2) is 11.0 Å². The molecule has 88 valence electrons. The molecular formula is C11H7Cl2NO2S. The highest BCUT2D eigenvalue weighted by Crippen LogP contribution is 2.32. The van der Waals surface area contributed by atoms with E-state index < -0.39 is 0 Å². The van der Waals surface area contributed by atoms with Crippen LogP contribution in [0, 0.1) is 0 Å². The molecule has 0 unspecified atom stereocenters. The minimum atomic E-state index is -0.283. The van der Waals surface area contributed by atoms with E-state index in [1.165, 1.54) is 18.2 Å². The summed E-state index contributed by atoms with van der Waals surface area (Å²) in [5.74, 6) is -0.139. The molecule has 6 heteroatoms. The van der Waals surface area contributed by atoms with Crippen LogP contribution in [0.15, 0.2) is 30.3 Å². The number of benzene rings is 1. The lowest BCUT2D eigenvalue weighted by Gasteiger charge is -2.02. The second-order valence-electron chi connectivity index (χ2n) is 3.23. The van der Waals surface area contributed by atoms with Crippen LogP contribution in [0.3, 0.4) is 0 Å². The third-order valence-electron chi connectivity index (χ3n) is 1.99. The molecule has 0 bridgehead atoms. The molecule has 0 aliphatic rings. The molecule has 1 amide bonds. The monoisotopic (exact) mass is 287 g/mol. The number of thiophene rings is 1. The molecule has 2 aromatic rings. The number of phenolic OH excluding ortho intramolecular Hbond substituents is 1. The first-order valence-corrected chi connectivity index (χ1v) is 6.19. The summed E-state index contributed by atoms with van der Waals surface area (Å²) < 4.78 is 0.391. The van der Waals surface area contributed by atoms with Crippen molar-refractivity contribution < 1.29 is 9.90 Å². The summed E-state index contributed by atoms with van der Waals surface area (Å²) in [5, 5.41) is 12.1. The Hall–Kier alpha value is -1.23. The third-order valence-corrected chi connectivity index (χ3v) is 3.86. The average Bonchev–Trinajstić information content (AvgIpc) is 2.63. The number of amides is 1. The van der Waals surface area contributed by atoms with E-state index in [0.717, 1.165) is 11.3 Å². The van der Waals surface area contributed by atoms with Crippen LogP contribution in [0.5, 0.6) is 5.75 Å². The van der Waals surface area contributed by atoms with Gasteiger partial charge in [0.2, 0.25) is 0 Å². The number of phenols is 1. The predicted octanol–water partition coefficient (Wildman–Crippen LogP) is 4.01. The summed E-state index contributed by atoms with van der Waals surface area (Å²) in [7, 11) is 0. The van der Waals surface area contributed by atoms with Crippen molar-refractivity contribution in [1.82, 2.24) is 0 Å². The molecule has 0 saturated carbocycles. The number of hydrogen-bond donors (Lipinski definition) is 2. The highest BCUT2D eigenvalue weighted by molar-refractivity contribution is 7.18. The lowest BCUT2D eigenvalue weighted by molar-refractivity contribution is 0.103. The first-order valence-electron chi connectivity index (χ1n) is 4.61. The van der Waals surface area contributed by atoms with Crippen molar-refractivity contribution in [2.45, 2.75) is 0 Å². The van der Waals surface area contributed by atoms with Crippen molar-refractivity contribution in [3.8, 4) is 5.75 Å².